The highest BCUT2D eigenvalue weighted by atomic mass is 32.7. The highest BCUT2D eigenvalue weighted by Gasteiger charge is 2.45. The largest absolute Gasteiger partial charge is 0.396 e. The van der Waals surface area contributed by atoms with Crippen LogP contribution in [0.25, 0.3) is 0 Å². The van der Waals surface area contributed by atoms with Crippen LogP contribution in [0.15, 0.2) is 27.8 Å². The normalized spacial score (nSPS) is 23.5. The maximum atomic E-state index is 14.3. The van der Waals surface area contributed by atoms with Gasteiger partial charge in [-0.05, 0) is 134 Å². The van der Waals surface area contributed by atoms with Crippen molar-refractivity contribution in [3.63, 3.8) is 0 Å². The number of aliphatic hydroxyl groups excluding tert-OH is 1. The molecule has 5 heterocycles. The summed E-state index contributed by atoms with van der Waals surface area (Å²) < 4.78 is 88.3. The van der Waals surface area contributed by atoms with Crippen LogP contribution in [-0.4, -0.2) is 222 Å². The van der Waals surface area contributed by atoms with E-state index < -0.39 is 61.9 Å². The molecule has 5 aliphatic heterocycles. The van der Waals surface area contributed by atoms with Crippen LogP contribution in [0.1, 0.15) is 233 Å². The fourth-order valence-corrected chi connectivity index (χ4v) is 17.8. The number of likely N-dealkylation sites (tertiary alicyclic amines) is 3. The maximum absolute atomic E-state index is 14.3. The van der Waals surface area contributed by atoms with Gasteiger partial charge in [0.1, 0.15) is 25.2 Å². The van der Waals surface area contributed by atoms with Crippen LogP contribution in [0, 0.1) is 36.9 Å². The maximum Gasteiger partial charge on any atom is 0.386 e. The lowest BCUT2D eigenvalue weighted by Crippen LogP contribution is -2.55. The van der Waals surface area contributed by atoms with E-state index in [0.717, 1.165) is 109 Å². The van der Waals surface area contributed by atoms with Gasteiger partial charge in [0.15, 0.2) is 6.29 Å². The Labute approximate surface area is 662 Å². The number of ether oxygens (including phenoxy) is 3. The van der Waals surface area contributed by atoms with E-state index in [1.165, 1.54) is 6.92 Å². The van der Waals surface area contributed by atoms with Crippen molar-refractivity contribution in [3.05, 3.63) is 27.0 Å². The minimum Gasteiger partial charge on any atom is -0.396 e. The lowest BCUT2D eigenvalue weighted by molar-refractivity contribution is -0.210. The molecule has 5 aliphatic rings. The van der Waals surface area contributed by atoms with Gasteiger partial charge in [-0.2, -0.15) is 14.7 Å². The van der Waals surface area contributed by atoms with Crippen LogP contribution in [0.5, 0.6) is 0 Å². The van der Waals surface area contributed by atoms with Crippen LogP contribution in [0.2, 0.25) is 0 Å². The van der Waals surface area contributed by atoms with Gasteiger partial charge in [0.25, 0.3) is 0 Å². The van der Waals surface area contributed by atoms with Gasteiger partial charge < -0.3 is 82.8 Å². The summed E-state index contributed by atoms with van der Waals surface area (Å²) in [6.07, 6.45) is 18.9. The monoisotopic (exact) mass is 1660 g/mol. The van der Waals surface area contributed by atoms with Crippen molar-refractivity contribution in [2.45, 2.75) is 269 Å². The number of allylic oxidation sites excluding steroid dienone is 1. The zero-order valence-corrected chi connectivity index (χ0v) is 70.3. The van der Waals surface area contributed by atoms with Gasteiger partial charge in [0, 0.05) is 140 Å². The summed E-state index contributed by atoms with van der Waals surface area (Å²) in [4.78, 5) is 125. The number of amides is 6. The molecule has 632 valence electrons. The summed E-state index contributed by atoms with van der Waals surface area (Å²) in [5.74, 6) is -0.0732. The molecule has 0 aromatic carbocycles. The molecule has 0 bridgehead atoms. The van der Waals surface area contributed by atoms with E-state index in [0.29, 0.717) is 109 Å². The molecule has 110 heavy (non-hydrogen) atoms. The number of aliphatic hydroxyl groups is 1. The van der Waals surface area contributed by atoms with Crippen molar-refractivity contribution < 1.29 is 89.3 Å². The van der Waals surface area contributed by atoms with Crippen molar-refractivity contribution >= 4 is 81.1 Å². The van der Waals surface area contributed by atoms with Crippen molar-refractivity contribution in [3.8, 4) is 0 Å². The van der Waals surface area contributed by atoms with Gasteiger partial charge in [-0.3, -0.25) is 33.3 Å². The van der Waals surface area contributed by atoms with Crippen molar-refractivity contribution in [1.82, 2.24) is 36.0 Å². The topological polar surface area (TPSA) is 414 Å². The minimum absolute atomic E-state index is 0.0335. The van der Waals surface area contributed by atoms with Crippen molar-refractivity contribution in [1.29, 1.82) is 0 Å². The molecule has 0 aromatic rings. The number of thiol groups is 2. The van der Waals surface area contributed by atoms with Crippen LogP contribution in [0.4, 0.5) is 0 Å². The SMILES string of the molecule is C=C(CCCCCNC(=O)CCCCC[C@H]1C[C@@H](C)C[C@@H](CN=O)O1)N1CCC(CO)(COP(=O)(S)OCC2(COP(=O)(S)OCC3(COP(C)(=O)O)CCN(C(=O)CCCCCNC(=O)CCCCC)CC3)CCN(C(=O)CCCCCNC(=O)CCCCO[C@@H]3O[C@H](CN=O)[C@H](N=O)C[C@H]3NC(C)=O)CC2)CC1. The second-order valence-electron chi connectivity index (χ2n) is 31.3. The number of carbonyl (C=O) groups is 6. The molecular weight excluding hydrogens is 1530 g/mol. The van der Waals surface area contributed by atoms with Gasteiger partial charge >= 0.3 is 21.2 Å². The Morgan fingerprint density at radius 3 is 1.44 bits per heavy atom. The second kappa shape index (κ2) is 51.3. The number of piperidine rings is 3. The van der Waals surface area contributed by atoms with Gasteiger partial charge in [-0.15, -0.1) is 0 Å². The van der Waals surface area contributed by atoms with E-state index in [1.807, 2.05) is 0 Å². The molecule has 0 spiro atoms. The molecule has 5 rings (SSSR count). The number of carbonyl (C=O) groups excluding carboxylic acids is 6. The number of nitrogens with one attached hydrogen (secondary N) is 4. The van der Waals surface area contributed by atoms with Crippen LogP contribution < -0.4 is 21.3 Å². The number of rotatable bonds is 57. The summed E-state index contributed by atoms with van der Waals surface area (Å²) >= 11 is 8.81. The van der Waals surface area contributed by atoms with Gasteiger partial charge in [-0.25, -0.2) is 9.13 Å². The summed E-state index contributed by atoms with van der Waals surface area (Å²) in [5.41, 5.74) is -1.79. The summed E-state index contributed by atoms with van der Waals surface area (Å²) in [6.45, 7) is 4.94. The molecule has 32 nitrogen and oxygen atoms in total. The molecule has 0 radical (unpaired) electrons. The number of hydrogen-bond donors (Lipinski definition) is 8. The molecule has 5 fully saturated rings. The molecule has 0 saturated carbocycles. The minimum atomic E-state index is -4.27. The van der Waals surface area contributed by atoms with Crippen LogP contribution in [0.3, 0.4) is 0 Å². The Hall–Kier alpha value is -3.85. The second-order valence-corrected chi connectivity index (χ2v) is 39.0. The fourth-order valence-electron chi connectivity index (χ4n) is 14.7. The molecule has 10 atom stereocenters. The van der Waals surface area contributed by atoms with E-state index >= 15 is 0 Å². The molecule has 0 aliphatic carbocycles. The summed E-state index contributed by atoms with van der Waals surface area (Å²) in [5, 5.41) is 31.3. The number of unbranched alkanes of at least 4 members (excludes halogenated alkanes) is 11. The van der Waals surface area contributed by atoms with Gasteiger partial charge in [0.05, 0.1) is 57.9 Å². The number of nitroso groups, excluding NO2 is 3. The zero-order chi connectivity index (χ0) is 80.5. The smallest absolute Gasteiger partial charge is 0.386 e. The summed E-state index contributed by atoms with van der Waals surface area (Å²) in [6, 6.07) is -1.54. The third-order valence-corrected chi connectivity index (χ3v) is 25.6. The lowest BCUT2D eigenvalue weighted by atomic mass is 9.80. The standard InChI is InChI=1S/C73H131N10O22P3S2/c1-6-7-12-25-65(86)74-37-20-10-16-28-68(89)82-41-32-72(33-42-82,53-99-106(5,94)95)54-101-108(97,110)103-56-73(34-43-83(44-35-73)69(90)29-17-11-21-38-76-67(88)27-18-22-45-98-70-63(79-59(4)85)48-62(80-93)64(105-70)50-78-92)55-102-107(96,109)100-52-71(51-84)30-39-81(40-31-71)58(3)23-13-9-19-36-75-66(87)26-15-8-14-24-60-46-57(2)47-61(104-60)49-77-91/h57,60-64,70,84H,3,6-56H2,1-2,4-5H3,(H,74,86)(H,75,87)(H,76,88)(H,79,85)(H,94,95)(H,96,109)(H,97,110)/t57-,60+,61+,62-,63-,64-,70-,107?,108?/m1/s1. The van der Waals surface area contributed by atoms with Crippen molar-refractivity contribution in [2.75, 3.05) is 125 Å². The van der Waals surface area contributed by atoms with E-state index in [1.54, 1.807) is 9.80 Å². The number of nitrogens with zero attached hydrogens (tertiary/aromatic N) is 6. The molecule has 37 heteroatoms. The summed E-state index contributed by atoms with van der Waals surface area (Å²) in [7, 11) is -3.99. The van der Waals surface area contributed by atoms with Gasteiger partial charge in [-0.1, -0.05) is 105 Å². The first kappa shape index (κ1) is 96.7. The Kier molecular flexibility index (Phi) is 45.1. The first-order valence-electron chi connectivity index (χ1n) is 40.2. The van der Waals surface area contributed by atoms with Crippen molar-refractivity contribution in [2.24, 2.45) is 37.7 Å². The highest BCUT2D eigenvalue weighted by Crippen LogP contribution is 2.59. The van der Waals surface area contributed by atoms with Gasteiger partial charge in [0.2, 0.25) is 35.4 Å². The third-order valence-electron chi connectivity index (χ3n) is 21.8. The Morgan fingerprint density at radius 2 is 0.973 bits per heavy atom. The highest BCUT2D eigenvalue weighted by molar-refractivity contribution is 8.44. The Morgan fingerprint density at radius 1 is 0.545 bits per heavy atom. The van der Waals surface area contributed by atoms with Crippen LogP contribution in [-0.2, 0) is 79.3 Å². The van der Waals surface area contributed by atoms with Crippen LogP contribution >= 0.6 is 45.7 Å². The Bertz CT molecular complexity index is 2980. The fraction of sp³-hybridized carbons (Fsp3) is 0.890. The lowest BCUT2D eigenvalue weighted by Gasteiger charge is -2.43. The van der Waals surface area contributed by atoms with E-state index in [2.05, 4.69) is 86.6 Å². The zero-order valence-electron chi connectivity index (χ0n) is 65.8. The quantitative estimate of drug-likeness (QED) is 0.0121. The average molecular weight is 1660 g/mol. The molecule has 6 amide bonds. The molecule has 6 N–H and O–H groups in total. The van der Waals surface area contributed by atoms with E-state index in [9.17, 15) is 67.2 Å². The third kappa shape index (κ3) is 38.3. The average Bonchev–Trinajstić information content (AvgIpc) is 0.819. The van der Waals surface area contributed by atoms with E-state index in [-0.39, 0.29) is 178 Å². The molecular formula is C73H131N10O22P3S2. The first-order chi connectivity index (χ1) is 52.5. The molecule has 0 aromatic heterocycles. The Balaban J connectivity index is 1.08. The predicted octanol–water partition coefficient (Wildman–Crippen LogP) is 12.0. The number of hydrogen-bond acceptors (Lipinski definition) is 25. The predicted molar refractivity (Wildman–Crippen MR) is 425 cm³/mol. The first-order valence-corrected chi connectivity index (χ1v) is 47.6. The molecule has 5 saturated heterocycles. The van der Waals surface area contributed by atoms with E-state index in [4.69, 9.17) is 36.8 Å². The molecule has 3 unspecified atom stereocenters.